The Morgan fingerprint density at radius 2 is 2.00 bits per heavy atom. The van der Waals surface area contributed by atoms with E-state index in [2.05, 4.69) is 26.7 Å². The van der Waals surface area contributed by atoms with Crippen molar-refractivity contribution in [2.45, 2.75) is 45.1 Å². The molecule has 1 amide bonds. The first-order valence-electron chi connectivity index (χ1n) is 11.7. The highest BCUT2D eigenvalue weighted by molar-refractivity contribution is 7.09. The number of carbonyl (C=O) groups is 1. The van der Waals surface area contributed by atoms with Crippen LogP contribution in [-0.4, -0.2) is 50.5 Å². The summed E-state index contributed by atoms with van der Waals surface area (Å²) in [5.74, 6) is 2.09. The van der Waals surface area contributed by atoms with E-state index in [1.165, 1.54) is 5.56 Å². The Bertz CT molecular complexity index is 1290. The maximum Gasteiger partial charge on any atom is 0.228 e. The zero-order valence-corrected chi connectivity index (χ0v) is 20.4. The number of methoxy groups -OCH3 is 1. The highest BCUT2D eigenvalue weighted by atomic mass is 32.1. The first-order chi connectivity index (χ1) is 16.6. The molecule has 1 fully saturated rings. The minimum atomic E-state index is 0.163. The monoisotopic (exact) mass is 475 g/mol. The van der Waals surface area contributed by atoms with Gasteiger partial charge in [-0.15, -0.1) is 11.3 Å². The van der Waals surface area contributed by atoms with Crippen LogP contribution in [0.4, 0.5) is 0 Å². The van der Waals surface area contributed by atoms with Crippen LogP contribution in [0.15, 0.2) is 48.0 Å². The Morgan fingerprint density at radius 1 is 1.15 bits per heavy atom. The molecule has 4 heterocycles. The molecule has 4 aromatic rings. The summed E-state index contributed by atoms with van der Waals surface area (Å²) in [6.07, 6.45) is 5.72. The van der Waals surface area contributed by atoms with E-state index in [0.717, 1.165) is 72.2 Å². The largest absolute Gasteiger partial charge is 0.497 e. The Kier molecular flexibility index (Phi) is 6.58. The number of amides is 1. The van der Waals surface area contributed by atoms with E-state index in [4.69, 9.17) is 9.72 Å². The Balaban J connectivity index is 1.30. The summed E-state index contributed by atoms with van der Waals surface area (Å²) in [5, 5.41) is 2.99. The number of thiazole rings is 1. The number of pyridine rings is 1. The molecule has 34 heavy (non-hydrogen) atoms. The van der Waals surface area contributed by atoms with Crippen molar-refractivity contribution in [2.24, 2.45) is 0 Å². The molecular weight excluding hydrogens is 446 g/mol. The summed E-state index contributed by atoms with van der Waals surface area (Å²) < 4.78 is 7.70. The molecule has 0 radical (unpaired) electrons. The zero-order chi connectivity index (χ0) is 23.5. The van der Waals surface area contributed by atoms with Gasteiger partial charge in [-0.2, -0.15) is 0 Å². The van der Waals surface area contributed by atoms with Crippen LogP contribution in [0.5, 0.6) is 5.75 Å². The third-order valence-corrected chi connectivity index (χ3v) is 7.30. The van der Waals surface area contributed by atoms with Crippen LogP contribution in [0.3, 0.4) is 0 Å². The lowest BCUT2D eigenvalue weighted by Gasteiger charge is -2.33. The second-order valence-corrected chi connectivity index (χ2v) is 9.80. The molecule has 0 atom stereocenters. The van der Waals surface area contributed by atoms with Crippen LogP contribution >= 0.6 is 11.3 Å². The third-order valence-electron chi connectivity index (χ3n) is 6.47. The molecule has 1 saturated heterocycles. The molecule has 1 aromatic carbocycles. The van der Waals surface area contributed by atoms with Gasteiger partial charge < -0.3 is 14.2 Å². The van der Waals surface area contributed by atoms with E-state index in [1.807, 2.05) is 47.7 Å². The Hall–Kier alpha value is -3.26. The normalized spacial score (nSPS) is 14.6. The number of nitrogens with zero attached hydrogens (tertiary/aromatic N) is 5. The van der Waals surface area contributed by atoms with Crippen LogP contribution < -0.4 is 4.74 Å². The van der Waals surface area contributed by atoms with Gasteiger partial charge in [-0.3, -0.25) is 4.79 Å². The molecule has 176 valence electrons. The molecule has 1 aliphatic heterocycles. The van der Waals surface area contributed by atoms with Gasteiger partial charge in [0.2, 0.25) is 5.91 Å². The van der Waals surface area contributed by atoms with Gasteiger partial charge in [-0.05, 0) is 56.0 Å². The highest BCUT2D eigenvalue weighted by Gasteiger charge is 2.27. The number of likely N-dealkylation sites (tertiary alicyclic amines) is 1. The zero-order valence-electron chi connectivity index (χ0n) is 19.6. The SMILES string of the molecule is COc1cccc(CCc2nc3cccnc3n2C2CCN(C(=O)Cc3csc(C)n3)CC2)c1. The maximum absolute atomic E-state index is 12.8. The number of ether oxygens (including phenoxy) is 1. The van der Waals surface area contributed by atoms with Crippen LogP contribution in [-0.2, 0) is 24.1 Å². The first-order valence-corrected chi connectivity index (χ1v) is 12.6. The van der Waals surface area contributed by atoms with E-state index in [1.54, 1.807) is 18.4 Å². The minimum absolute atomic E-state index is 0.163. The average molecular weight is 476 g/mol. The molecule has 5 rings (SSSR count). The summed E-state index contributed by atoms with van der Waals surface area (Å²) in [6.45, 7) is 3.46. The first kappa shape index (κ1) is 22.5. The smallest absolute Gasteiger partial charge is 0.228 e. The fourth-order valence-corrected chi connectivity index (χ4v) is 5.36. The van der Waals surface area contributed by atoms with Crippen molar-refractivity contribution >= 4 is 28.4 Å². The van der Waals surface area contributed by atoms with Gasteiger partial charge in [0.05, 0.1) is 24.2 Å². The van der Waals surface area contributed by atoms with Crippen LogP contribution in [0, 0.1) is 6.92 Å². The van der Waals surface area contributed by atoms with E-state index in [-0.39, 0.29) is 11.9 Å². The van der Waals surface area contributed by atoms with Gasteiger partial charge in [-0.1, -0.05) is 12.1 Å². The lowest BCUT2D eigenvalue weighted by atomic mass is 10.0. The summed E-state index contributed by atoms with van der Waals surface area (Å²) in [4.78, 5) is 28.8. The number of rotatable bonds is 7. The molecule has 7 nitrogen and oxygen atoms in total. The third kappa shape index (κ3) is 4.82. The van der Waals surface area contributed by atoms with Crippen molar-refractivity contribution in [3.63, 3.8) is 0 Å². The van der Waals surface area contributed by atoms with E-state index < -0.39 is 0 Å². The van der Waals surface area contributed by atoms with E-state index in [0.29, 0.717) is 6.42 Å². The van der Waals surface area contributed by atoms with Gasteiger partial charge >= 0.3 is 0 Å². The molecule has 0 unspecified atom stereocenters. The lowest BCUT2D eigenvalue weighted by molar-refractivity contribution is -0.131. The van der Waals surface area contributed by atoms with Gasteiger partial charge in [0.15, 0.2) is 5.65 Å². The van der Waals surface area contributed by atoms with Crippen molar-refractivity contribution in [2.75, 3.05) is 20.2 Å². The molecule has 3 aromatic heterocycles. The van der Waals surface area contributed by atoms with Gasteiger partial charge in [0.1, 0.15) is 17.1 Å². The molecule has 0 N–H and O–H groups in total. The number of hydrogen-bond acceptors (Lipinski definition) is 6. The topological polar surface area (TPSA) is 73.1 Å². The molecule has 0 bridgehead atoms. The van der Waals surface area contributed by atoms with Gasteiger partial charge in [-0.25, -0.2) is 15.0 Å². The maximum atomic E-state index is 12.8. The number of carbonyl (C=O) groups excluding carboxylic acids is 1. The number of fused-ring (bicyclic) bond motifs is 1. The van der Waals surface area contributed by atoms with Crippen molar-refractivity contribution < 1.29 is 9.53 Å². The number of hydrogen-bond donors (Lipinski definition) is 0. The predicted molar refractivity (Wildman–Crippen MR) is 133 cm³/mol. The fraction of sp³-hybridized carbons (Fsp3) is 0.385. The summed E-state index contributed by atoms with van der Waals surface area (Å²) >= 11 is 1.59. The molecule has 0 spiro atoms. The molecule has 0 aliphatic carbocycles. The number of aryl methyl sites for hydroxylation is 3. The van der Waals surface area contributed by atoms with Gasteiger partial charge in [0.25, 0.3) is 0 Å². The Morgan fingerprint density at radius 3 is 2.76 bits per heavy atom. The van der Waals surface area contributed by atoms with Crippen LogP contribution in [0.25, 0.3) is 11.2 Å². The lowest BCUT2D eigenvalue weighted by Crippen LogP contribution is -2.40. The van der Waals surface area contributed by atoms with E-state index in [9.17, 15) is 4.79 Å². The van der Waals surface area contributed by atoms with Crippen molar-refractivity contribution in [1.29, 1.82) is 0 Å². The summed E-state index contributed by atoms with van der Waals surface area (Å²) in [5.41, 5.74) is 3.97. The van der Waals surface area contributed by atoms with Crippen LogP contribution in [0.1, 0.15) is 41.0 Å². The van der Waals surface area contributed by atoms with Crippen molar-refractivity contribution in [3.05, 3.63) is 70.1 Å². The molecular formula is C26H29N5O2S. The van der Waals surface area contributed by atoms with Crippen LogP contribution in [0.2, 0.25) is 0 Å². The highest BCUT2D eigenvalue weighted by Crippen LogP contribution is 2.29. The second kappa shape index (κ2) is 9.93. The Labute approximate surface area is 203 Å². The standard InChI is InChI=1S/C26H29N5O2S/c1-18-28-20(17-34-18)16-25(32)30-13-10-21(11-14-30)31-24(29-23-7-4-12-27-26(23)31)9-8-19-5-3-6-22(15-19)33-2/h3-7,12,15,17,21H,8-11,13-14,16H2,1-2H3. The average Bonchev–Trinajstić information content (AvgIpc) is 3.45. The molecule has 1 aliphatic rings. The number of piperidine rings is 1. The molecule has 8 heteroatoms. The number of benzene rings is 1. The van der Waals surface area contributed by atoms with Crippen molar-refractivity contribution in [3.8, 4) is 5.75 Å². The van der Waals surface area contributed by atoms with E-state index >= 15 is 0 Å². The predicted octanol–water partition coefficient (Wildman–Crippen LogP) is 4.40. The number of imidazole rings is 1. The fourth-order valence-electron chi connectivity index (χ4n) is 4.75. The second-order valence-electron chi connectivity index (χ2n) is 8.74. The van der Waals surface area contributed by atoms with Crippen molar-refractivity contribution in [1.82, 2.24) is 24.4 Å². The summed E-state index contributed by atoms with van der Waals surface area (Å²) in [7, 11) is 1.69. The quantitative estimate of drug-likeness (QED) is 0.396. The van der Waals surface area contributed by atoms with Gasteiger partial charge in [0, 0.05) is 37.1 Å². The molecule has 0 saturated carbocycles. The minimum Gasteiger partial charge on any atom is -0.497 e. The number of aromatic nitrogens is 4. The summed E-state index contributed by atoms with van der Waals surface area (Å²) in [6, 6.07) is 12.5.